The van der Waals surface area contributed by atoms with Crippen LogP contribution in [0.4, 0.5) is 0 Å². The summed E-state index contributed by atoms with van der Waals surface area (Å²) >= 11 is 0. The van der Waals surface area contributed by atoms with Gasteiger partial charge < -0.3 is 45.2 Å². The molecule has 39 heavy (non-hydrogen) atoms. The lowest BCUT2D eigenvalue weighted by atomic mass is 9.99. The molecule has 0 aliphatic carbocycles. The molecule has 0 radical (unpaired) electrons. The minimum atomic E-state index is -1.58. The highest BCUT2D eigenvalue weighted by atomic mass is 16.7. The summed E-state index contributed by atoms with van der Waals surface area (Å²) in [6.07, 6.45) is -7.05. The SMILES string of the molecule is C[C@@H](CO[C@@H]1O[C@H](CO)[C@H](O)[C@H](O)[C@H]1O)N1CCN(CC(=O)O)CCN(CC(=O)O)CCN(CC(=O)O)CC1. The third-order valence-electron chi connectivity index (χ3n) is 6.92. The molecule has 2 saturated heterocycles. The molecule has 16 heteroatoms. The van der Waals surface area contributed by atoms with Crippen molar-refractivity contribution in [3.05, 3.63) is 0 Å². The Morgan fingerprint density at radius 3 is 1.54 bits per heavy atom. The highest BCUT2D eigenvalue weighted by Gasteiger charge is 2.44. The topological polar surface area (TPSA) is 224 Å². The summed E-state index contributed by atoms with van der Waals surface area (Å²) in [5, 5.41) is 67.6. The lowest BCUT2D eigenvalue weighted by Gasteiger charge is -2.40. The predicted octanol–water partition coefficient (Wildman–Crippen LogP) is -4.33. The summed E-state index contributed by atoms with van der Waals surface area (Å²) in [5.74, 6) is -3.08. The molecule has 0 aromatic rings. The summed E-state index contributed by atoms with van der Waals surface area (Å²) in [7, 11) is 0. The molecule has 0 aromatic heterocycles. The number of ether oxygens (including phenoxy) is 2. The van der Waals surface area contributed by atoms with Gasteiger partial charge in [-0.15, -0.1) is 0 Å². The fraction of sp³-hybridized carbons (Fsp3) is 0.870. The molecular formula is C23H42N4O12. The fourth-order valence-corrected chi connectivity index (χ4v) is 4.59. The van der Waals surface area contributed by atoms with Crippen molar-refractivity contribution in [1.29, 1.82) is 0 Å². The van der Waals surface area contributed by atoms with E-state index in [0.717, 1.165) is 0 Å². The van der Waals surface area contributed by atoms with Gasteiger partial charge in [0.25, 0.3) is 0 Å². The molecule has 2 heterocycles. The van der Waals surface area contributed by atoms with E-state index in [1.165, 1.54) is 0 Å². The second kappa shape index (κ2) is 16.3. The first-order valence-corrected chi connectivity index (χ1v) is 12.9. The number of aliphatic hydroxyl groups excluding tert-OH is 4. The van der Waals surface area contributed by atoms with Crippen molar-refractivity contribution in [3.63, 3.8) is 0 Å². The molecule has 0 unspecified atom stereocenters. The minimum absolute atomic E-state index is 0.00689. The zero-order valence-corrected chi connectivity index (χ0v) is 22.1. The smallest absolute Gasteiger partial charge is 0.317 e. The lowest BCUT2D eigenvalue weighted by Crippen LogP contribution is -2.59. The van der Waals surface area contributed by atoms with E-state index in [1.54, 1.807) is 14.7 Å². The zero-order chi connectivity index (χ0) is 29.1. The maximum atomic E-state index is 11.4. The number of hydrogen-bond acceptors (Lipinski definition) is 13. The van der Waals surface area contributed by atoms with Crippen LogP contribution in [0, 0.1) is 0 Å². The van der Waals surface area contributed by atoms with Gasteiger partial charge in [0.15, 0.2) is 6.29 Å². The normalized spacial score (nSPS) is 30.2. The van der Waals surface area contributed by atoms with Crippen LogP contribution in [0.2, 0.25) is 0 Å². The van der Waals surface area contributed by atoms with Crippen molar-refractivity contribution in [2.24, 2.45) is 0 Å². The molecule has 7 N–H and O–H groups in total. The van der Waals surface area contributed by atoms with E-state index < -0.39 is 55.2 Å². The Morgan fingerprint density at radius 2 is 1.15 bits per heavy atom. The van der Waals surface area contributed by atoms with Gasteiger partial charge in [-0.1, -0.05) is 0 Å². The number of rotatable bonds is 11. The summed E-state index contributed by atoms with van der Waals surface area (Å²) < 4.78 is 11.1. The van der Waals surface area contributed by atoms with Gasteiger partial charge in [-0.25, -0.2) is 0 Å². The van der Waals surface area contributed by atoms with E-state index in [2.05, 4.69) is 0 Å². The zero-order valence-electron chi connectivity index (χ0n) is 22.1. The van der Waals surface area contributed by atoms with Gasteiger partial charge in [0.2, 0.25) is 0 Å². The van der Waals surface area contributed by atoms with Crippen molar-refractivity contribution >= 4 is 17.9 Å². The average molecular weight is 567 g/mol. The second-order valence-corrected chi connectivity index (χ2v) is 9.93. The Morgan fingerprint density at radius 1 is 0.744 bits per heavy atom. The summed E-state index contributed by atoms with van der Waals surface area (Å²) in [5.41, 5.74) is 0. The average Bonchev–Trinajstić information content (AvgIpc) is 2.85. The molecule has 2 fully saturated rings. The molecule has 2 aliphatic rings. The Labute approximate surface area is 226 Å². The third-order valence-corrected chi connectivity index (χ3v) is 6.92. The van der Waals surface area contributed by atoms with Gasteiger partial charge in [0.1, 0.15) is 24.4 Å². The molecule has 16 nitrogen and oxygen atoms in total. The Kier molecular flexibility index (Phi) is 13.9. The third kappa shape index (κ3) is 11.2. The summed E-state index contributed by atoms with van der Waals surface area (Å²) in [6.45, 7) is 3.10. The van der Waals surface area contributed by atoms with Gasteiger partial charge in [-0.2, -0.15) is 0 Å². The van der Waals surface area contributed by atoms with Gasteiger partial charge in [-0.05, 0) is 6.92 Å². The molecule has 2 aliphatic heterocycles. The van der Waals surface area contributed by atoms with Gasteiger partial charge in [0.05, 0.1) is 32.8 Å². The molecule has 6 atom stereocenters. The van der Waals surface area contributed by atoms with Gasteiger partial charge in [0, 0.05) is 58.4 Å². The quantitative estimate of drug-likeness (QED) is 0.125. The van der Waals surface area contributed by atoms with E-state index in [1.807, 2.05) is 11.8 Å². The molecule has 2 rings (SSSR count). The van der Waals surface area contributed by atoms with Crippen LogP contribution in [0.5, 0.6) is 0 Å². The first-order chi connectivity index (χ1) is 18.4. The number of aliphatic carboxylic acids is 3. The van der Waals surface area contributed by atoms with Crippen molar-refractivity contribution < 1.29 is 59.6 Å². The van der Waals surface area contributed by atoms with Crippen molar-refractivity contribution in [1.82, 2.24) is 19.6 Å². The molecule has 226 valence electrons. The van der Waals surface area contributed by atoms with E-state index in [4.69, 9.17) is 9.47 Å². The number of carboxylic acid groups (broad SMARTS) is 3. The van der Waals surface area contributed by atoms with Crippen LogP contribution in [0.3, 0.4) is 0 Å². The number of hydrogen-bond donors (Lipinski definition) is 7. The Bertz CT molecular complexity index is 758. The lowest BCUT2D eigenvalue weighted by molar-refractivity contribution is -0.303. The van der Waals surface area contributed by atoms with Crippen LogP contribution in [-0.2, 0) is 23.9 Å². The number of nitrogens with zero attached hydrogens (tertiary/aromatic N) is 4. The second-order valence-electron chi connectivity index (χ2n) is 9.93. The van der Waals surface area contributed by atoms with E-state index in [-0.39, 0.29) is 45.4 Å². The Balaban J connectivity index is 2.12. The van der Waals surface area contributed by atoms with Crippen LogP contribution in [0.1, 0.15) is 6.92 Å². The Hall–Kier alpha value is -1.99. The molecule has 0 amide bonds. The van der Waals surface area contributed by atoms with Crippen molar-refractivity contribution in [2.75, 3.05) is 85.2 Å². The van der Waals surface area contributed by atoms with E-state index in [0.29, 0.717) is 39.3 Å². The maximum absolute atomic E-state index is 11.4. The van der Waals surface area contributed by atoms with E-state index >= 15 is 0 Å². The fourth-order valence-electron chi connectivity index (χ4n) is 4.59. The van der Waals surface area contributed by atoms with Crippen LogP contribution in [0.25, 0.3) is 0 Å². The van der Waals surface area contributed by atoms with Crippen LogP contribution >= 0.6 is 0 Å². The van der Waals surface area contributed by atoms with Crippen LogP contribution in [-0.4, -0.2) is 195 Å². The first-order valence-electron chi connectivity index (χ1n) is 12.9. The number of carbonyl (C=O) groups is 3. The summed E-state index contributed by atoms with van der Waals surface area (Å²) in [6, 6.07) is -0.317. The van der Waals surface area contributed by atoms with Crippen molar-refractivity contribution in [3.8, 4) is 0 Å². The largest absolute Gasteiger partial charge is 0.480 e. The molecule has 0 spiro atoms. The first kappa shape index (κ1) is 33.2. The maximum Gasteiger partial charge on any atom is 0.317 e. The van der Waals surface area contributed by atoms with E-state index in [9.17, 15) is 50.1 Å². The summed E-state index contributed by atoms with van der Waals surface area (Å²) in [4.78, 5) is 41.2. The highest BCUT2D eigenvalue weighted by Crippen LogP contribution is 2.22. The highest BCUT2D eigenvalue weighted by molar-refractivity contribution is 5.69. The monoisotopic (exact) mass is 566 g/mol. The number of carboxylic acids is 3. The number of aliphatic hydroxyl groups is 4. The van der Waals surface area contributed by atoms with Gasteiger partial charge in [-0.3, -0.25) is 34.0 Å². The van der Waals surface area contributed by atoms with Crippen molar-refractivity contribution in [2.45, 2.75) is 43.7 Å². The van der Waals surface area contributed by atoms with Crippen LogP contribution < -0.4 is 0 Å². The molecule has 0 saturated carbocycles. The standard InChI is InChI=1S/C23H42N4O12/c1-15(14-38-23-22(37)21(36)20(35)16(13-28)39-23)27-8-6-25(11-18(31)32)4-2-24(10-17(29)30)3-5-26(7-9-27)12-19(33)34/h15-16,20-23,28,35-37H,2-14H2,1H3,(H,29,30)(H,31,32)(H,33,34)/t15-,16+,20-,21-,22+,23+/m0/s1. The molecule has 0 bridgehead atoms. The van der Waals surface area contributed by atoms with Crippen LogP contribution in [0.15, 0.2) is 0 Å². The molecular weight excluding hydrogens is 524 g/mol. The van der Waals surface area contributed by atoms with Gasteiger partial charge >= 0.3 is 17.9 Å². The predicted molar refractivity (Wildman–Crippen MR) is 133 cm³/mol. The molecule has 0 aromatic carbocycles. The minimum Gasteiger partial charge on any atom is -0.480 e.